The predicted octanol–water partition coefficient (Wildman–Crippen LogP) is 0.989. The predicted molar refractivity (Wildman–Crippen MR) is 98.9 cm³/mol. The molecule has 2 saturated heterocycles. The van der Waals surface area contributed by atoms with E-state index in [2.05, 4.69) is 24.8 Å². The fourth-order valence-electron chi connectivity index (χ4n) is 3.94. The van der Waals surface area contributed by atoms with Gasteiger partial charge in [0.25, 0.3) is 0 Å². The van der Waals surface area contributed by atoms with E-state index in [1.165, 1.54) is 19.3 Å². The topological polar surface area (TPSA) is 89.1 Å². The molecule has 2 N–H and O–H groups in total. The number of aromatic nitrogens is 2. The normalized spacial score (nSPS) is 26.5. The lowest BCUT2D eigenvalue weighted by Gasteiger charge is -2.35. The Hall–Kier alpha value is -1.93. The van der Waals surface area contributed by atoms with E-state index in [0.717, 1.165) is 45.0 Å². The molecule has 1 unspecified atom stereocenters. The number of nitrogens with zero attached hydrogens (tertiary/aromatic N) is 5. The van der Waals surface area contributed by atoms with Crippen molar-refractivity contribution in [3.8, 4) is 0 Å². The molecule has 3 aliphatic rings. The highest BCUT2D eigenvalue weighted by atomic mass is 16.7. The maximum Gasteiger partial charge on any atom is 0.225 e. The third kappa shape index (κ3) is 3.91. The standard InChI is InChI=1S/C18H28N6O2/c19-16(22-13-15-14-25-18(26-15)5-2-1-3-6-18)23-9-11-24(12-10-23)17-20-7-4-8-21-17/h4,7-8,15H,1-3,5-6,9-14H2,(H2,19,22). The Bertz CT molecular complexity index is 611. The van der Waals surface area contributed by atoms with Gasteiger partial charge in [0.1, 0.15) is 6.10 Å². The molecule has 0 amide bonds. The lowest BCUT2D eigenvalue weighted by Crippen LogP contribution is -2.51. The van der Waals surface area contributed by atoms with Crippen LogP contribution in [0.2, 0.25) is 0 Å². The Morgan fingerprint density at radius 2 is 1.88 bits per heavy atom. The molecule has 1 atom stereocenters. The maximum atomic E-state index is 6.21. The Kier molecular flexibility index (Phi) is 5.21. The average Bonchev–Trinajstić information content (AvgIpc) is 3.09. The first kappa shape index (κ1) is 17.5. The van der Waals surface area contributed by atoms with Gasteiger partial charge in [0.05, 0.1) is 13.2 Å². The summed E-state index contributed by atoms with van der Waals surface area (Å²) in [6.07, 6.45) is 9.23. The highest BCUT2D eigenvalue weighted by Gasteiger charge is 2.42. The zero-order chi connectivity index (χ0) is 17.8. The molecule has 2 aliphatic heterocycles. The van der Waals surface area contributed by atoms with E-state index >= 15 is 0 Å². The summed E-state index contributed by atoms with van der Waals surface area (Å²) in [6, 6.07) is 1.83. The number of hydrogen-bond donors (Lipinski definition) is 1. The van der Waals surface area contributed by atoms with E-state index in [1.807, 2.05) is 6.07 Å². The van der Waals surface area contributed by atoms with Crippen LogP contribution in [0, 0.1) is 0 Å². The highest BCUT2D eigenvalue weighted by Crippen LogP contribution is 2.37. The number of rotatable bonds is 3. The Morgan fingerprint density at radius 3 is 2.62 bits per heavy atom. The molecule has 1 aliphatic carbocycles. The molecule has 8 nitrogen and oxygen atoms in total. The number of ether oxygens (including phenoxy) is 2. The maximum absolute atomic E-state index is 6.21. The van der Waals surface area contributed by atoms with Gasteiger partial charge in [-0.2, -0.15) is 0 Å². The molecule has 26 heavy (non-hydrogen) atoms. The van der Waals surface area contributed by atoms with Gasteiger partial charge in [-0.15, -0.1) is 0 Å². The van der Waals surface area contributed by atoms with Crippen LogP contribution in [0.4, 0.5) is 5.95 Å². The van der Waals surface area contributed by atoms with Crippen LogP contribution in [-0.4, -0.2) is 72.0 Å². The van der Waals surface area contributed by atoms with Crippen LogP contribution >= 0.6 is 0 Å². The van der Waals surface area contributed by atoms with Gasteiger partial charge in [0.15, 0.2) is 11.7 Å². The largest absolute Gasteiger partial charge is 0.370 e. The van der Waals surface area contributed by atoms with Crippen molar-refractivity contribution >= 4 is 11.9 Å². The molecular weight excluding hydrogens is 332 g/mol. The molecular formula is C18H28N6O2. The monoisotopic (exact) mass is 360 g/mol. The molecule has 8 heteroatoms. The molecule has 1 spiro atoms. The molecule has 0 bridgehead atoms. The van der Waals surface area contributed by atoms with Gasteiger partial charge >= 0.3 is 0 Å². The van der Waals surface area contributed by atoms with Crippen molar-refractivity contribution in [2.45, 2.75) is 44.0 Å². The van der Waals surface area contributed by atoms with Crippen LogP contribution < -0.4 is 10.6 Å². The Labute approximate surface area is 154 Å². The van der Waals surface area contributed by atoms with Gasteiger partial charge in [0, 0.05) is 51.4 Å². The molecule has 4 rings (SSSR count). The van der Waals surface area contributed by atoms with Crippen molar-refractivity contribution in [1.82, 2.24) is 14.9 Å². The molecule has 3 heterocycles. The molecule has 1 saturated carbocycles. The first-order valence-corrected chi connectivity index (χ1v) is 9.63. The number of aliphatic imine (C=N–C) groups is 1. The summed E-state index contributed by atoms with van der Waals surface area (Å²) in [4.78, 5) is 17.5. The summed E-state index contributed by atoms with van der Waals surface area (Å²) in [6.45, 7) is 4.50. The minimum absolute atomic E-state index is 0.0191. The van der Waals surface area contributed by atoms with Gasteiger partial charge in [-0.25, -0.2) is 9.97 Å². The third-order valence-electron chi connectivity index (χ3n) is 5.42. The lowest BCUT2D eigenvalue weighted by molar-refractivity contribution is -0.186. The van der Waals surface area contributed by atoms with E-state index in [1.54, 1.807) is 12.4 Å². The van der Waals surface area contributed by atoms with Gasteiger partial charge < -0.3 is 25.0 Å². The smallest absolute Gasteiger partial charge is 0.225 e. The van der Waals surface area contributed by atoms with Crippen molar-refractivity contribution in [2.24, 2.45) is 10.7 Å². The van der Waals surface area contributed by atoms with Gasteiger partial charge in [-0.3, -0.25) is 4.99 Å². The second-order valence-electron chi connectivity index (χ2n) is 7.24. The summed E-state index contributed by atoms with van der Waals surface area (Å²) in [5, 5.41) is 0. The third-order valence-corrected chi connectivity index (χ3v) is 5.42. The van der Waals surface area contributed by atoms with Crippen molar-refractivity contribution in [3.05, 3.63) is 18.5 Å². The molecule has 1 aromatic heterocycles. The van der Waals surface area contributed by atoms with Gasteiger partial charge in [-0.05, 0) is 18.9 Å². The lowest BCUT2D eigenvalue weighted by atomic mass is 9.94. The van der Waals surface area contributed by atoms with Crippen LogP contribution in [-0.2, 0) is 9.47 Å². The molecule has 3 fully saturated rings. The molecule has 1 aromatic rings. The number of nitrogens with two attached hydrogens (primary N) is 1. The molecule has 142 valence electrons. The van der Waals surface area contributed by atoms with E-state index in [0.29, 0.717) is 19.1 Å². The summed E-state index contributed by atoms with van der Waals surface area (Å²) in [5.41, 5.74) is 6.21. The fourth-order valence-corrected chi connectivity index (χ4v) is 3.94. The molecule has 0 aromatic carbocycles. The van der Waals surface area contributed by atoms with Crippen LogP contribution in [0.25, 0.3) is 0 Å². The van der Waals surface area contributed by atoms with Crippen LogP contribution in [0.1, 0.15) is 32.1 Å². The number of piperazine rings is 1. The van der Waals surface area contributed by atoms with Crippen molar-refractivity contribution in [2.75, 3.05) is 44.2 Å². The van der Waals surface area contributed by atoms with E-state index in [9.17, 15) is 0 Å². The summed E-state index contributed by atoms with van der Waals surface area (Å²) in [7, 11) is 0. The zero-order valence-corrected chi connectivity index (χ0v) is 15.2. The van der Waals surface area contributed by atoms with Crippen LogP contribution in [0.3, 0.4) is 0 Å². The van der Waals surface area contributed by atoms with Gasteiger partial charge in [0.2, 0.25) is 5.95 Å². The van der Waals surface area contributed by atoms with E-state index in [4.69, 9.17) is 15.2 Å². The zero-order valence-electron chi connectivity index (χ0n) is 15.2. The Balaban J connectivity index is 1.25. The van der Waals surface area contributed by atoms with Crippen molar-refractivity contribution < 1.29 is 9.47 Å². The Morgan fingerprint density at radius 1 is 1.15 bits per heavy atom. The van der Waals surface area contributed by atoms with E-state index in [-0.39, 0.29) is 11.9 Å². The number of guanidine groups is 1. The number of hydrogen-bond acceptors (Lipinski definition) is 6. The minimum Gasteiger partial charge on any atom is -0.370 e. The van der Waals surface area contributed by atoms with Crippen molar-refractivity contribution in [3.63, 3.8) is 0 Å². The van der Waals surface area contributed by atoms with Crippen molar-refractivity contribution in [1.29, 1.82) is 0 Å². The molecule has 0 radical (unpaired) electrons. The fraction of sp³-hybridized carbons (Fsp3) is 0.722. The highest BCUT2D eigenvalue weighted by molar-refractivity contribution is 5.78. The van der Waals surface area contributed by atoms with E-state index < -0.39 is 0 Å². The SMILES string of the molecule is NC(=NCC1COC2(CCCCC2)O1)N1CCN(c2ncccn2)CC1. The van der Waals surface area contributed by atoms with Crippen LogP contribution in [0.15, 0.2) is 23.5 Å². The number of anilines is 1. The summed E-state index contributed by atoms with van der Waals surface area (Å²) >= 11 is 0. The summed E-state index contributed by atoms with van der Waals surface area (Å²) in [5.74, 6) is 1.03. The second-order valence-corrected chi connectivity index (χ2v) is 7.24. The van der Waals surface area contributed by atoms with Gasteiger partial charge in [-0.1, -0.05) is 6.42 Å². The minimum atomic E-state index is -0.339. The average molecular weight is 360 g/mol. The van der Waals surface area contributed by atoms with Crippen LogP contribution in [0.5, 0.6) is 0 Å². The summed E-state index contributed by atoms with van der Waals surface area (Å²) < 4.78 is 12.1. The quantitative estimate of drug-likeness (QED) is 0.635. The first-order chi connectivity index (χ1) is 12.7. The second kappa shape index (κ2) is 7.75. The first-order valence-electron chi connectivity index (χ1n) is 9.63.